The van der Waals surface area contributed by atoms with Gasteiger partial charge in [0, 0.05) is 9.50 Å². The predicted octanol–water partition coefficient (Wildman–Crippen LogP) is 4.08. The van der Waals surface area contributed by atoms with Crippen molar-refractivity contribution in [3.05, 3.63) is 57.5 Å². The summed E-state index contributed by atoms with van der Waals surface area (Å²) in [6, 6.07) is 13.8. The highest BCUT2D eigenvalue weighted by atomic mass is 79.9. The third-order valence-corrected chi connectivity index (χ3v) is 3.70. The molecule has 0 atom stereocenters. The topological polar surface area (TPSA) is 43.8 Å². The van der Waals surface area contributed by atoms with Crippen molar-refractivity contribution in [3.63, 3.8) is 0 Å². The zero-order valence-electron chi connectivity index (χ0n) is 9.98. The SMILES string of the molecule is Nc1nc2cc(Cl)ccc2n1Cc1cccc(Br)c1. The maximum absolute atomic E-state index is 5.99. The first-order valence-corrected chi connectivity index (χ1v) is 6.96. The van der Waals surface area contributed by atoms with Gasteiger partial charge in [-0.3, -0.25) is 0 Å². The Morgan fingerprint density at radius 2 is 2.05 bits per heavy atom. The summed E-state index contributed by atoms with van der Waals surface area (Å²) in [5, 5.41) is 0.666. The average molecular weight is 337 g/mol. The second-order valence-electron chi connectivity index (χ2n) is 4.32. The zero-order valence-corrected chi connectivity index (χ0v) is 12.3. The van der Waals surface area contributed by atoms with Crippen molar-refractivity contribution >= 4 is 44.5 Å². The van der Waals surface area contributed by atoms with Crippen molar-refractivity contribution in [3.8, 4) is 0 Å². The van der Waals surface area contributed by atoms with Crippen LogP contribution in [0.15, 0.2) is 46.9 Å². The molecule has 0 unspecified atom stereocenters. The molecule has 0 aliphatic rings. The molecule has 0 aliphatic carbocycles. The molecule has 3 aromatic rings. The number of benzene rings is 2. The number of fused-ring (bicyclic) bond motifs is 1. The van der Waals surface area contributed by atoms with Crippen LogP contribution in [0.3, 0.4) is 0 Å². The lowest BCUT2D eigenvalue weighted by Gasteiger charge is -2.07. The van der Waals surface area contributed by atoms with Crippen molar-refractivity contribution in [2.75, 3.05) is 5.73 Å². The second kappa shape index (κ2) is 4.87. The normalized spacial score (nSPS) is 11.1. The Balaban J connectivity index is 2.07. The quantitative estimate of drug-likeness (QED) is 0.766. The summed E-state index contributed by atoms with van der Waals surface area (Å²) in [5.74, 6) is 0.497. The Labute approximate surface area is 124 Å². The van der Waals surface area contributed by atoms with Crippen LogP contribution in [0.5, 0.6) is 0 Å². The van der Waals surface area contributed by atoms with Gasteiger partial charge in [-0.25, -0.2) is 4.98 Å². The van der Waals surface area contributed by atoms with E-state index >= 15 is 0 Å². The molecule has 0 spiro atoms. The van der Waals surface area contributed by atoms with Crippen LogP contribution < -0.4 is 5.73 Å². The fourth-order valence-corrected chi connectivity index (χ4v) is 2.72. The molecule has 2 N–H and O–H groups in total. The van der Waals surface area contributed by atoms with Crippen LogP contribution in [0, 0.1) is 0 Å². The first-order chi connectivity index (χ1) is 9.13. The van der Waals surface area contributed by atoms with Crippen molar-refractivity contribution in [2.45, 2.75) is 6.54 Å². The van der Waals surface area contributed by atoms with Gasteiger partial charge in [0.15, 0.2) is 0 Å². The summed E-state index contributed by atoms with van der Waals surface area (Å²) in [7, 11) is 0. The van der Waals surface area contributed by atoms with Gasteiger partial charge in [-0.05, 0) is 35.9 Å². The van der Waals surface area contributed by atoms with E-state index in [1.807, 2.05) is 34.9 Å². The highest BCUT2D eigenvalue weighted by molar-refractivity contribution is 9.10. The van der Waals surface area contributed by atoms with Crippen LogP contribution in [-0.4, -0.2) is 9.55 Å². The van der Waals surface area contributed by atoms with E-state index in [0.717, 1.165) is 21.1 Å². The number of anilines is 1. The summed E-state index contributed by atoms with van der Waals surface area (Å²) in [5.41, 5.74) is 8.96. The van der Waals surface area contributed by atoms with Crippen molar-refractivity contribution < 1.29 is 0 Å². The molecule has 2 aromatic carbocycles. The number of rotatable bonds is 2. The largest absolute Gasteiger partial charge is 0.369 e. The van der Waals surface area contributed by atoms with Gasteiger partial charge in [0.05, 0.1) is 17.6 Å². The number of hydrogen-bond acceptors (Lipinski definition) is 2. The lowest BCUT2D eigenvalue weighted by Crippen LogP contribution is -2.04. The molecular formula is C14H11BrClN3. The maximum Gasteiger partial charge on any atom is 0.201 e. The van der Waals surface area contributed by atoms with Gasteiger partial charge < -0.3 is 10.3 Å². The second-order valence-corrected chi connectivity index (χ2v) is 5.67. The molecule has 0 amide bonds. The number of imidazole rings is 1. The molecule has 0 aliphatic heterocycles. The lowest BCUT2D eigenvalue weighted by atomic mass is 10.2. The van der Waals surface area contributed by atoms with Crippen LogP contribution in [0.4, 0.5) is 5.95 Å². The lowest BCUT2D eigenvalue weighted by molar-refractivity contribution is 0.838. The van der Waals surface area contributed by atoms with Crippen molar-refractivity contribution in [1.82, 2.24) is 9.55 Å². The molecule has 3 nitrogen and oxygen atoms in total. The summed E-state index contributed by atoms with van der Waals surface area (Å²) in [6.07, 6.45) is 0. The van der Waals surface area contributed by atoms with Crippen LogP contribution in [0.1, 0.15) is 5.56 Å². The van der Waals surface area contributed by atoms with Crippen molar-refractivity contribution in [1.29, 1.82) is 0 Å². The molecule has 0 bridgehead atoms. The number of halogens is 2. The highest BCUT2D eigenvalue weighted by Gasteiger charge is 2.09. The number of nitrogens with zero attached hydrogens (tertiary/aromatic N) is 2. The minimum absolute atomic E-state index is 0.497. The average Bonchev–Trinajstić information content (AvgIpc) is 2.65. The molecule has 96 valence electrons. The van der Waals surface area contributed by atoms with E-state index in [1.54, 1.807) is 0 Å². The molecule has 3 rings (SSSR count). The van der Waals surface area contributed by atoms with Crippen LogP contribution in [-0.2, 0) is 6.54 Å². The third-order valence-electron chi connectivity index (χ3n) is 2.97. The number of aromatic nitrogens is 2. The minimum Gasteiger partial charge on any atom is -0.369 e. The molecule has 1 heterocycles. The maximum atomic E-state index is 5.99. The number of hydrogen-bond donors (Lipinski definition) is 1. The summed E-state index contributed by atoms with van der Waals surface area (Å²) in [6.45, 7) is 0.684. The molecule has 0 fully saturated rings. The standard InChI is InChI=1S/C14H11BrClN3/c15-10-3-1-2-9(6-10)8-19-13-5-4-11(16)7-12(13)18-14(19)17/h1-7H,8H2,(H2,17,18). The summed E-state index contributed by atoms with van der Waals surface area (Å²) >= 11 is 9.44. The van der Waals surface area contributed by atoms with E-state index in [2.05, 4.69) is 33.0 Å². The van der Waals surface area contributed by atoms with Gasteiger partial charge in [-0.1, -0.05) is 39.7 Å². The molecule has 1 aromatic heterocycles. The van der Waals surface area contributed by atoms with Gasteiger partial charge in [-0.15, -0.1) is 0 Å². The molecular weight excluding hydrogens is 326 g/mol. The highest BCUT2D eigenvalue weighted by Crippen LogP contribution is 2.23. The first-order valence-electron chi connectivity index (χ1n) is 5.79. The fourth-order valence-electron chi connectivity index (χ4n) is 2.11. The van der Waals surface area contributed by atoms with E-state index in [0.29, 0.717) is 17.5 Å². The van der Waals surface area contributed by atoms with Gasteiger partial charge >= 0.3 is 0 Å². The molecule has 19 heavy (non-hydrogen) atoms. The van der Waals surface area contributed by atoms with E-state index in [1.165, 1.54) is 0 Å². The summed E-state index contributed by atoms with van der Waals surface area (Å²) in [4.78, 5) is 4.34. The smallest absolute Gasteiger partial charge is 0.201 e. The van der Waals surface area contributed by atoms with Gasteiger partial charge in [0.25, 0.3) is 0 Å². The number of nitrogens with two attached hydrogens (primary N) is 1. The van der Waals surface area contributed by atoms with E-state index in [-0.39, 0.29) is 0 Å². The molecule has 0 radical (unpaired) electrons. The Hall–Kier alpha value is -1.52. The Morgan fingerprint density at radius 1 is 1.21 bits per heavy atom. The molecule has 5 heteroatoms. The Morgan fingerprint density at radius 3 is 2.84 bits per heavy atom. The monoisotopic (exact) mass is 335 g/mol. The van der Waals surface area contributed by atoms with Gasteiger partial charge in [0.1, 0.15) is 0 Å². The van der Waals surface area contributed by atoms with E-state index < -0.39 is 0 Å². The Bertz CT molecular complexity index is 752. The van der Waals surface area contributed by atoms with Gasteiger partial charge in [-0.2, -0.15) is 0 Å². The third kappa shape index (κ3) is 2.46. The Kier molecular flexibility index (Phi) is 3.21. The summed E-state index contributed by atoms with van der Waals surface area (Å²) < 4.78 is 3.03. The molecule has 0 saturated heterocycles. The first kappa shape index (κ1) is 12.5. The zero-order chi connectivity index (χ0) is 13.4. The fraction of sp³-hybridized carbons (Fsp3) is 0.0714. The van der Waals surface area contributed by atoms with E-state index in [9.17, 15) is 0 Å². The van der Waals surface area contributed by atoms with Crippen LogP contribution in [0.25, 0.3) is 11.0 Å². The molecule has 0 saturated carbocycles. The van der Waals surface area contributed by atoms with Gasteiger partial charge in [0.2, 0.25) is 5.95 Å². The van der Waals surface area contributed by atoms with E-state index in [4.69, 9.17) is 17.3 Å². The predicted molar refractivity (Wildman–Crippen MR) is 82.4 cm³/mol. The van der Waals surface area contributed by atoms with Crippen molar-refractivity contribution in [2.24, 2.45) is 0 Å². The van der Waals surface area contributed by atoms with Crippen LogP contribution >= 0.6 is 27.5 Å². The number of nitrogen functional groups attached to an aromatic ring is 1. The minimum atomic E-state index is 0.497. The van der Waals surface area contributed by atoms with Crippen LogP contribution in [0.2, 0.25) is 5.02 Å².